The third-order valence-corrected chi connectivity index (χ3v) is 3.74. The van der Waals surface area contributed by atoms with Crippen molar-refractivity contribution in [3.8, 4) is 5.75 Å². The van der Waals surface area contributed by atoms with Crippen molar-refractivity contribution in [2.24, 2.45) is 5.73 Å². The van der Waals surface area contributed by atoms with Crippen molar-refractivity contribution in [1.82, 2.24) is 0 Å². The number of hydrogen-bond donors (Lipinski definition) is 1. The lowest BCUT2D eigenvalue weighted by Gasteiger charge is -2.24. The van der Waals surface area contributed by atoms with Crippen molar-refractivity contribution >= 4 is 0 Å². The van der Waals surface area contributed by atoms with E-state index in [0.717, 1.165) is 29.7 Å². The standard InChI is InChI=1S/C13H18FNO/c1-8-11(16-3)5-4-10(14)12(8)13(6-7-13)9(2)15/h4-5,9H,6-7,15H2,1-3H3. The minimum absolute atomic E-state index is 0.0205. The maximum Gasteiger partial charge on any atom is 0.127 e. The Labute approximate surface area is 95.6 Å². The number of ether oxygens (including phenoxy) is 1. The summed E-state index contributed by atoms with van der Waals surface area (Å²) in [6, 6.07) is 3.13. The predicted molar refractivity (Wildman–Crippen MR) is 62.3 cm³/mol. The fourth-order valence-corrected chi connectivity index (χ4v) is 2.56. The molecule has 0 heterocycles. The van der Waals surface area contributed by atoms with Crippen LogP contribution >= 0.6 is 0 Å². The molecule has 0 amide bonds. The number of methoxy groups -OCH3 is 1. The maximum absolute atomic E-state index is 14.0. The molecule has 0 spiro atoms. The Morgan fingerprint density at radius 3 is 2.50 bits per heavy atom. The number of nitrogens with two attached hydrogens (primary N) is 1. The van der Waals surface area contributed by atoms with Gasteiger partial charge in [0.2, 0.25) is 0 Å². The molecule has 2 nitrogen and oxygen atoms in total. The highest BCUT2D eigenvalue weighted by atomic mass is 19.1. The molecule has 1 aliphatic carbocycles. The first kappa shape index (κ1) is 11.4. The van der Waals surface area contributed by atoms with E-state index in [0.29, 0.717) is 0 Å². The van der Waals surface area contributed by atoms with Crippen molar-refractivity contribution in [1.29, 1.82) is 0 Å². The molecule has 1 aliphatic rings. The SMILES string of the molecule is COc1ccc(F)c(C2(C(C)N)CC2)c1C. The van der Waals surface area contributed by atoms with Gasteiger partial charge in [-0.2, -0.15) is 0 Å². The molecule has 16 heavy (non-hydrogen) atoms. The summed E-state index contributed by atoms with van der Waals surface area (Å²) in [5, 5.41) is 0. The molecule has 3 heteroatoms. The maximum atomic E-state index is 14.0. The molecule has 1 saturated carbocycles. The molecule has 0 aliphatic heterocycles. The Morgan fingerprint density at radius 1 is 1.44 bits per heavy atom. The van der Waals surface area contributed by atoms with Crippen LogP contribution in [0.25, 0.3) is 0 Å². The van der Waals surface area contributed by atoms with Crippen LogP contribution in [0.2, 0.25) is 0 Å². The van der Waals surface area contributed by atoms with Gasteiger partial charge < -0.3 is 10.5 Å². The third kappa shape index (κ3) is 1.50. The summed E-state index contributed by atoms with van der Waals surface area (Å²) >= 11 is 0. The average molecular weight is 223 g/mol. The van der Waals surface area contributed by atoms with Crippen LogP contribution in [0, 0.1) is 12.7 Å². The average Bonchev–Trinajstić information content (AvgIpc) is 2.99. The van der Waals surface area contributed by atoms with Crippen molar-refractivity contribution in [3.63, 3.8) is 0 Å². The zero-order valence-electron chi connectivity index (χ0n) is 10.0. The highest BCUT2D eigenvalue weighted by Crippen LogP contribution is 2.53. The first-order valence-corrected chi connectivity index (χ1v) is 5.62. The van der Waals surface area contributed by atoms with Crippen LogP contribution in [0.3, 0.4) is 0 Å². The topological polar surface area (TPSA) is 35.2 Å². The Morgan fingerprint density at radius 2 is 2.06 bits per heavy atom. The van der Waals surface area contributed by atoms with E-state index in [-0.39, 0.29) is 17.3 Å². The molecule has 1 fully saturated rings. The zero-order valence-corrected chi connectivity index (χ0v) is 10.0. The normalized spacial score (nSPS) is 19.3. The molecule has 0 saturated heterocycles. The number of halogens is 1. The smallest absolute Gasteiger partial charge is 0.127 e. The summed E-state index contributed by atoms with van der Waals surface area (Å²) in [5.74, 6) is 0.580. The Bertz CT molecular complexity index is 411. The van der Waals surface area contributed by atoms with Crippen LogP contribution in [0.4, 0.5) is 4.39 Å². The van der Waals surface area contributed by atoms with Gasteiger partial charge in [0.1, 0.15) is 11.6 Å². The molecule has 2 rings (SSSR count). The lowest BCUT2D eigenvalue weighted by molar-refractivity contribution is 0.406. The molecule has 0 radical (unpaired) electrons. The summed E-state index contributed by atoms with van der Waals surface area (Å²) in [4.78, 5) is 0. The number of benzene rings is 1. The molecule has 1 aromatic rings. The van der Waals surface area contributed by atoms with Gasteiger partial charge in [0, 0.05) is 17.0 Å². The summed E-state index contributed by atoms with van der Waals surface area (Å²) < 4.78 is 19.2. The fraction of sp³-hybridized carbons (Fsp3) is 0.538. The summed E-state index contributed by atoms with van der Waals surface area (Å²) in [5.41, 5.74) is 7.46. The van der Waals surface area contributed by atoms with Gasteiger partial charge in [-0.1, -0.05) is 0 Å². The fourth-order valence-electron chi connectivity index (χ4n) is 2.56. The highest BCUT2D eigenvalue weighted by molar-refractivity contribution is 5.47. The summed E-state index contributed by atoms with van der Waals surface area (Å²) in [6.07, 6.45) is 1.94. The van der Waals surface area contributed by atoms with Crippen LogP contribution in [0.5, 0.6) is 5.75 Å². The van der Waals surface area contributed by atoms with E-state index >= 15 is 0 Å². The van der Waals surface area contributed by atoms with E-state index in [9.17, 15) is 4.39 Å². The molecule has 0 aromatic heterocycles. The van der Waals surface area contributed by atoms with E-state index in [4.69, 9.17) is 10.5 Å². The quantitative estimate of drug-likeness (QED) is 0.854. The minimum atomic E-state index is -0.164. The zero-order chi connectivity index (χ0) is 11.9. The molecule has 1 aromatic carbocycles. The second kappa shape index (κ2) is 3.74. The van der Waals surface area contributed by atoms with Gasteiger partial charge in [-0.15, -0.1) is 0 Å². The van der Waals surface area contributed by atoms with Gasteiger partial charge in [-0.05, 0) is 44.4 Å². The minimum Gasteiger partial charge on any atom is -0.496 e. The van der Waals surface area contributed by atoms with E-state index in [1.807, 2.05) is 13.8 Å². The lowest BCUT2D eigenvalue weighted by atomic mass is 9.85. The molecule has 0 bridgehead atoms. The van der Waals surface area contributed by atoms with Gasteiger partial charge in [0.15, 0.2) is 0 Å². The first-order valence-electron chi connectivity index (χ1n) is 5.62. The first-order chi connectivity index (χ1) is 7.53. The van der Waals surface area contributed by atoms with Crippen LogP contribution in [-0.4, -0.2) is 13.2 Å². The van der Waals surface area contributed by atoms with E-state index in [2.05, 4.69) is 0 Å². The van der Waals surface area contributed by atoms with E-state index in [1.54, 1.807) is 13.2 Å². The largest absolute Gasteiger partial charge is 0.496 e. The number of rotatable bonds is 3. The molecule has 1 atom stereocenters. The second-order valence-corrected chi connectivity index (χ2v) is 4.69. The van der Waals surface area contributed by atoms with Gasteiger partial charge in [0.25, 0.3) is 0 Å². The van der Waals surface area contributed by atoms with E-state index in [1.165, 1.54) is 6.07 Å². The molecule has 1 unspecified atom stereocenters. The third-order valence-electron chi connectivity index (χ3n) is 3.74. The van der Waals surface area contributed by atoms with Gasteiger partial charge in [-0.25, -0.2) is 4.39 Å². The van der Waals surface area contributed by atoms with Crippen molar-refractivity contribution < 1.29 is 9.13 Å². The summed E-state index contributed by atoms with van der Waals surface area (Å²) in [6.45, 7) is 3.85. The number of hydrogen-bond acceptors (Lipinski definition) is 2. The van der Waals surface area contributed by atoms with Crippen LogP contribution in [-0.2, 0) is 5.41 Å². The van der Waals surface area contributed by atoms with E-state index < -0.39 is 0 Å². The summed E-state index contributed by atoms with van der Waals surface area (Å²) in [7, 11) is 1.61. The van der Waals surface area contributed by atoms with Crippen LogP contribution < -0.4 is 10.5 Å². The Hall–Kier alpha value is -1.09. The van der Waals surface area contributed by atoms with Gasteiger partial charge >= 0.3 is 0 Å². The van der Waals surface area contributed by atoms with Crippen molar-refractivity contribution in [2.75, 3.05) is 7.11 Å². The highest BCUT2D eigenvalue weighted by Gasteiger charge is 2.50. The van der Waals surface area contributed by atoms with Crippen LogP contribution in [0.1, 0.15) is 30.9 Å². The molecule has 88 valence electrons. The molecule has 2 N–H and O–H groups in total. The molecular weight excluding hydrogens is 205 g/mol. The second-order valence-electron chi connectivity index (χ2n) is 4.69. The van der Waals surface area contributed by atoms with Crippen molar-refractivity contribution in [2.45, 2.75) is 38.1 Å². The molecular formula is C13H18FNO. The Balaban J connectivity index is 2.56. The van der Waals surface area contributed by atoms with Gasteiger partial charge in [0.05, 0.1) is 7.11 Å². The van der Waals surface area contributed by atoms with Crippen LogP contribution in [0.15, 0.2) is 12.1 Å². The Kier molecular flexibility index (Phi) is 2.66. The monoisotopic (exact) mass is 223 g/mol. The van der Waals surface area contributed by atoms with Crippen molar-refractivity contribution in [3.05, 3.63) is 29.1 Å². The van der Waals surface area contributed by atoms with Gasteiger partial charge in [-0.3, -0.25) is 0 Å². The predicted octanol–water partition coefficient (Wildman–Crippen LogP) is 2.52. The lowest BCUT2D eigenvalue weighted by Crippen LogP contribution is -2.33.